The first-order chi connectivity index (χ1) is 7.81. The van der Waals surface area contributed by atoms with Crippen molar-refractivity contribution in [2.24, 2.45) is 0 Å². The molecule has 0 saturated carbocycles. The Balaban J connectivity index is 2.34. The number of rotatable bonds is 3. The van der Waals surface area contributed by atoms with E-state index in [9.17, 15) is 9.18 Å². The molecule has 1 N–H and O–H groups in total. The van der Waals surface area contributed by atoms with E-state index in [1.165, 1.54) is 18.5 Å². The molecule has 0 amide bonds. The molecule has 0 aliphatic heterocycles. The van der Waals surface area contributed by atoms with Crippen molar-refractivity contribution in [3.8, 4) is 0 Å². The molecule has 1 heterocycles. The number of hydrogen-bond donors (Lipinski definition) is 1. The van der Waals surface area contributed by atoms with Gasteiger partial charge in [0.25, 0.3) is 0 Å². The van der Waals surface area contributed by atoms with Crippen LogP contribution in [0.2, 0.25) is 0 Å². The average molecular weight is 216 g/mol. The van der Waals surface area contributed by atoms with Crippen LogP contribution in [0.3, 0.4) is 0 Å². The van der Waals surface area contributed by atoms with Gasteiger partial charge in [-0.1, -0.05) is 12.1 Å². The van der Waals surface area contributed by atoms with Gasteiger partial charge in [0.1, 0.15) is 5.82 Å². The van der Waals surface area contributed by atoms with Crippen molar-refractivity contribution < 1.29 is 9.18 Å². The Morgan fingerprint density at radius 3 is 2.75 bits per heavy atom. The minimum atomic E-state index is -0.365. The van der Waals surface area contributed by atoms with E-state index in [-0.39, 0.29) is 5.82 Å². The number of para-hydroxylation sites is 1. The fraction of sp³-hybridized carbons (Fsp3) is 0. The fourth-order valence-electron chi connectivity index (χ4n) is 1.32. The lowest BCUT2D eigenvalue weighted by Crippen LogP contribution is -1.97. The number of aromatic nitrogens is 1. The first kappa shape index (κ1) is 10.3. The van der Waals surface area contributed by atoms with Crippen molar-refractivity contribution in [3.63, 3.8) is 0 Å². The number of hydrogen-bond acceptors (Lipinski definition) is 3. The van der Waals surface area contributed by atoms with Crippen LogP contribution in [0.4, 0.5) is 15.8 Å². The molecule has 0 atom stereocenters. The van der Waals surface area contributed by atoms with Crippen molar-refractivity contribution >= 4 is 17.7 Å². The lowest BCUT2D eigenvalue weighted by atomic mass is 10.2. The van der Waals surface area contributed by atoms with Gasteiger partial charge in [-0.3, -0.25) is 9.78 Å². The van der Waals surface area contributed by atoms with Gasteiger partial charge in [-0.2, -0.15) is 0 Å². The smallest absolute Gasteiger partial charge is 0.153 e. The zero-order valence-electron chi connectivity index (χ0n) is 8.35. The Hall–Kier alpha value is -2.23. The Labute approximate surface area is 92.0 Å². The van der Waals surface area contributed by atoms with Crippen molar-refractivity contribution in [2.75, 3.05) is 5.32 Å². The third-order valence-electron chi connectivity index (χ3n) is 2.12. The van der Waals surface area contributed by atoms with Gasteiger partial charge in [-0.15, -0.1) is 0 Å². The SMILES string of the molecule is O=Cc1cnccc1Nc1ccccc1F. The molecule has 2 rings (SSSR count). The van der Waals surface area contributed by atoms with Gasteiger partial charge in [0.15, 0.2) is 6.29 Å². The van der Waals surface area contributed by atoms with Crippen LogP contribution in [-0.4, -0.2) is 11.3 Å². The molecule has 0 unspecified atom stereocenters. The Bertz CT molecular complexity index is 514. The number of aldehydes is 1. The summed E-state index contributed by atoms with van der Waals surface area (Å²) in [4.78, 5) is 14.5. The maximum absolute atomic E-state index is 13.3. The summed E-state index contributed by atoms with van der Waals surface area (Å²) in [6.45, 7) is 0. The summed E-state index contributed by atoms with van der Waals surface area (Å²) in [5.74, 6) is -0.365. The average Bonchev–Trinajstić information content (AvgIpc) is 2.33. The van der Waals surface area contributed by atoms with Crippen LogP contribution >= 0.6 is 0 Å². The lowest BCUT2D eigenvalue weighted by molar-refractivity contribution is 0.112. The predicted octanol–water partition coefficient (Wildman–Crippen LogP) is 2.78. The van der Waals surface area contributed by atoms with Gasteiger partial charge in [-0.05, 0) is 18.2 Å². The molecule has 0 fully saturated rings. The van der Waals surface area contributed by atoms with Crippen molar-refractivity contribution in [1.82, 2.24) is 4.98 Å². The minimum absolute atomic E-state index is 0.330. The number of nitrogens with one attached hydrogen (secondary N) is 1. The molecule has 1 aromatic heterocycles. The highest BCUT2D eigenvalue weighted by molar-refractivity contribution is 5.85. The van der Waals surface area contributed by atoms with Crippen LogP contribution in [-0.2, 0) is 0 Å². The normalized spacial score (nSPS) is 9.81. The van der Waals surface area contributed by atoms with Crippen LogP contribution in [0, 0.1) is 5.82 Å². The number of anilines is 2. The molecule has 0 radical (unpaired) electrons. The number of pyridine rings is 1. The third kappa shape index (κ3) is 2.06. The summed E-state index contributed by atoms with van der Waals surface area (Å²) < 4.78 is 13.3. The van der Waals surface area contributed by atoms with Crippen LogP contribution in [0.25, 0.3) is 0 Å². The van der Waals surface area contributed by atoms with E-state index in [0.29, 0.717) is 23.2 Å². The van der Waals surface area contributed by atoms with E-state index >= 15 is 0 Å². The highest BCUT2D eigenvalue weighted by atomic mass is 19.1. The summed E-state index contributed by atoms with van der Waals surface area (Å²) in [6.07, 6.45) is 3.64. The number of nitrogens with zero attached hydrogens (tertiary/aromatic N) is 1. The number of halogens is 1. The van der Waals surface area contributed by atoms with Gasteiger partial charge in [-0.25, -0.2) is 4.39 Å². The van der Waals surface area contributed by atoms with Gasteiger partial charge in [0.05, 0.1) is 16.9 Å². The highest BCUT2D eigenvalue weighted by Crippen LogP contribution is 2.20. The molecule has 3 nitrogen and oxygen atoms in total. The largest absolute Gasteiger partial charge is 0.352 e. The Morgan fingerprint density at radius 2 is 2.00 bits per heavy atom. The molecule has 0 bridgehead atoms. The Morgan fingerprint density at radius 1 is 1.19 bits per heavy atom. The minimum Gasteiger partial charge on any atom is -0.352 e. The predicted molar refractivity (Wildman–Crippen MR) is 59.3 cm³/mol. The zero-order chi connectivity index (χ0) is 11.4. The summed E-state index contributed by atoms with van der Waals surface area (Å²) >= 11 is 0. The van der Waals surface area contributed by atoms with Crippen molar-refractivity contribution in [2.45, 2.75) is 0 Å². The highest BCUT2D eigenvalue weighted by Gasteiger charge is 2.04. The second kappa shape index (κ2) is 4.53. The monoisotopic (exact) mass is 216 g/mol. The van der Waals surface area contributed by atoms with Crippen LogP contribution < -0.4 is 5.32 Å². The summed E-state index contributed by atoms with van der Waals surface area (Å²) in [5.41, 5.74) is 1.26. The molecule has 0 aliphatic rings. The molecule has 1 aromatic carbocycles. The van der Waals surface area contributed by atoms with Gasteiger partial charge >= 0.3 is 0 Å². The molecule has 2 aromatic rings. The van der Waals surface area contributed by atoms with Crippen molar-refractivity contribution in [1.29, 1.82) is 0 Å². The van der Waals surface area contributed by atoms with E-state index in [1.807, 2.05) is 0 Å². The molecular formula is C12H9FN2O. The van der Waals surface area contributed by atoms with E-state index in [1.54, 1.807) is 24.3 Å². The second-order valence-corrected chi connectivity index (χ2v) is 3.19. The van der Waals surface area contributed by atoms with E-state index in [0.717, 1.165) is 0 Å². The topological polar surface area (TPSA) is 42.0 Å². The zero-order valence-corrected chi connectivity index (χ0v) is 8.35. The van der Waals surface area contributed by atoms with Gasteiger partial charge in [0, 0.05) is 12.4 Å². The van der Waals surface area contributed by atoms with Gasteiger partial charge in [0.2, 0.25) is 0 Å². The second-order valence-electron chi connectivity index (χ2n) is 3.19. The van der Waals surface area contributed by atoms with E-state index < -0.39 is 0 Å². The lowest BCUT2D eigenvalue weighted by Gasteiger charge is -2.08. The maximum Gasteiger partial charge on any atom is 0.153 e. The van der Waals surface area contributed by atoms with Crippen LogP contribution in [0.5, 0.6) is 0 Å². The molecule has 16 heavy (non-hydrogen) atoms. The number of benzene rings is 1. The molecule has 0 saturated heterocycles. The first-order valence-electron chi connectivity index (χ1n) is 4.72. The molecule has 0 aliphatic carbocycles. The number of carbonyl (C=O) groups excluding carboxylic acids is 1. The third-order valence-corrected chi connectivity index (χ3v) is 2.12. The summed E-state index contributed by atoms with van der Waals surface area (Å²) in [7, 11) is 0. The van der Waals surface area contributed by atoms with E-state index in [2.05, 4.69) is 10.3 Å². The fourth-order valence-corrected chi connectivity index (χ4v) is 1.32. The standard InChI is InChI=1S/C12H9FN2O/c13-10-3-1-2-4-12(10)15-11-5-6-14-7-9(11)8-16/h1-8H,(H,14,15). The summed E-state index contributed by atoms with van der Waals surface area (Å²) in [5, 5.41) is 2.85. The summed E-state index contributed by atoms with van der Waals surface area (Å²) in [6, 6.07) is 7.89. The molecule has 4 heteroatoms. The first-order valence-corrected chi connectivity index (χ1v) is 4.72. The van der Waals surface area contributed by atoms with Crippen molar-refractivity contribution in [3.05, 3.63) is 54.1 Å². The molecule has 80 valence electrons. The Kier molecular flexibility index (Phi) is 2.91. The van der Waals surface area contributed by atoms with Crippen LogP contribution in [0.1, 0.15) is 10.4 Å². The quantitative estimate of drug-likeness (QED) is 0.802. The van der Waals surface area contributed by atoms with Crippen LogP contribution in [0.15, 0.2) is 42.7 Å². The molecule has 0 spiro atoms. The molecular weight excluding hydrogens is 207 g/mol. The number of carbonyl (C=O) groups is 1. The van der Waals surface area contributed by atoms with Gasteiger partial charge < -0.3 is 5.32 Å². The van der Waals surface area contributed by atoms with E-state index in [4.69, 9.17) is 0 Å². The maximum atomic E-state index is 13.3.